The van der Waals surface area contributed by atoms with Gasteiger partial charge in [0.05, 0.1) is 15.9 Å². The van der Waals surface area contributed by atoms with Crippen LogP contribution in [0.2, 0.25) is 0 Å². The lowest BCUT2D eigenvalue weighted by Gasteiger charge is -2.06. The summed E-state index contributed by atoms with van der Waals surface area (Å²) in [5.41, 5.74) is 2.19. The number of amides is 1. The Balaban J connectivity index is 2.33. The molecule has 108 valence electrons. The van der Waals surface area contributed by atoms with Crippen molar-refractivity contribution in [3.8, 4) is 0 Å². The molecule has 0 aliphatic carbocycles. The highest BCUT2D eigenvalue weighted by molar-refractivity contribution is 9.10. The third-order valence-corrected chi connectivity index (χ3v) is 3.81. The first-order valence-corrected chi connectivity index (χ1v) is 7.57. The van der Waals surface area contributed by atoms with E-state index in [1.54, 1.807) is 0 Å². The molecule has 1 aromatic rings. The molecule has 5 nitrogen and oxygen atoms in total. The maximum absolute atomic E-state index is 11.4. The molecule has 1 aromatic heterocycles. The van der Waals surface area contributed by atoms with Crippen molar-refractivity contribution in [2.45, 2.75) is 39.7 Å². The van der Waals surface area contributed by atoms with Gasteiger partial charge < -0.3 is 10.6 Å². The predicted molar refractivity (Wildman–Crippen MR) is 79.9 cm³/mol. The van der Waals surface area contributed by atoms with Crippen molar-refractivity contribution in [3.63, 3.8) is 0 Å². The molecule has 0 aliphatic heterocycles. The van der Waals surface area contributed by atoms with Crippen LogP contribution in [0.5, 0.6) is 0 Å². The fourth-order valence-electron chi connectivity index (χ4n) is 1.77. The van der Waals surface area contributed by atoms with Gasteiger partial charge in [-0.1, -0.05) is 13.8 Å². The van der Waals surface area contributed by atoms with E-state index in [4.69, 9.17) is 0 Å². The van der Waals surface area contributed by atoms with Crippen molar-refractivity contribution in [1.82, 2.24) is 20.4 Å². The highest BCUT2D eigenvalue weighted by Gasteiger charge is 2.11. The summed E-state index contributed by atoms with van der Waals surface area (Å²) in [6.45, 7) is 6.28. The molecule has 0 aliphatic rings. The second-order valence-electron chi connectivity index (χ2n) is 4.46. The van der Waals surface area contributed by atoms with Crippen LogP contribution in [0.1, 0.15) is 38.1 Å². The quantitative estimate of drug-likeness (QED) is 0.714. The number of hydrogen-bond acceptors (Lipinski definition) is 3. The van der Waals surface area contributed by atoms with E-state index in [1.807, 2.05) is 18.7 Å². The summed E-state index contributed by atoms with van der Waals surface area (Å²) in [5, 5.41) is 10.6. The Morgan fingerprint density at radius 3 is 2.68 bits per heavy atom. The number of halogens is 1. The van der Waals surface area contributed by atoms with E-state index < -0.39 is 0 Å². The molecular formula is C13H23BrN4O. The lowest BCUT2D eigenvalue weighted by atomic mass is 10.3. The SMILES string of the molecule is CCCNC(=O)CCNCc1c(Br)c(CC)nn1C. The van der Waals surface area contributed by atoms with Crippen LogP contribution in [0.15, 0.2) is 4.47 Å². The molecule has 0 unspecified atom stereocenters. The second-order valence-corrected chi connectivity index (χ2v) is 5.25. The first-order valence-electron chi connectivity index (χ1n) is 6.77. The Labute approximate surface area is 123 Å². The molecule has 0 saturated carbocycles. The highest BCUT2D eigenvalue weighted by Crippen LogP contribution is 2.21. The van der Waals surface area contributed by atoms with Crippen LogP contribution in [-0.4, -0.2) is 28.8 Å². The molecule has 0 radical (unpaired) electrons. The zero-order valence-electron chi connectivity index (χ0n) is 11.9. The average Bonchev–Trinajstić information content (AvgIpc) is 2.67. The van der Waals surface area contributed by atoms with Crippen LogP contribution in [0.3, 0.4) is 0 Å². The van der Waals surface area contributed by atoms with Gasteiger partial charge >= 0.3 is 0 Å². The Morgan fingerprint density at radius 2 is 2.11 bits per heavy atom. The Bertz CT molecular complexity index is 417. The molecule has 19 heavy (non-hydrogen) atoms. The summed E-state index contributed by atoms with van der Waals surface area (Å²) in [4.78, 5) is 11.4. The van der Waals surface area contributed by atoms with Gasteiger partial charge in [-0.2, -0.15) is 5.10 Å². The van der Waals surface area contributed by atoms with Gasteiger partial charge in [-0.15, -0.1) is 0 Å². The normalized spacial score (nSPS) is 10.7. The molecule has 2 N–H and O–H groups in total. The largest absolute Gasteiger partial charge is 0.356 e. The van der Waals surface area contributed by atoms with Crippen LogP contribution in [0, 0.1) is 0 Å². The molecule has 0 aromatic carbocycles. The maximum atomic E-state index is 11.4. The molecule has 0 spiro atoms. The van der Waals surface area contributed by atoms with Gasteiger partial charge in [0.1, 0.15) is 0 Å². The van der Waals surface area contributed by atoms with E-state index >= 15 is 0 Å². The molecule has 1 heterocycles. The topological polar surface area (TPSA) is 59.0 Å². The highest BCUT2D eigenvalue weighted by atomic mass is 79.9. The van der Waals surface area contributed by atoms with Gasteiger partial charge in [-0.25, -0.2) is 0 Å². The van der Waals surface area contributed by atoms with Crippen LogP contribution in [0.4, 0.5) is 0 Å². The first kappa shape index (κ1) is 16.2. The van der Waals surface area contributed by atoms with Crippen molar-refractivity contribution in [2.24, 2.45) is 7.05 Å². The summed E-state index contributed by atoms with van der Waals surface area (Å²) in [5.74, 6) is 0.104. The Hall–Kier alpha value is -0.880. The van der Waals surface area contributed by atoms with Crippen molar-refractivity contribution in [1.29, 1.82) is 0 Å². The third-order valence-electron chi connectivity index (χ3n) is 2.90. The zero-order chi connectivity index (χ0) is 14.3. The van der Waals surface area contributed by atoms with Crippen LogP contribution >= 0.6 is 15.9 Å². The maximum Gasteiger partial charge on any atom is 0.221 e. The van der Waals surface area contributed by atoms with Gasteiger partial charge in [-0.3, -0.25) is 9.48 Å². The number of rotatable bonds is 8. The molecule has 1 amide bonds. The summed E-state index contributed by atoms with van der Waals surface area (Å²) in [7, 11) is 1.94. The van der Waals surface area contributed by atoms with Crippen LogP contribution in [-0.2, 0) is 24.8 Å². The molecule has 1 rings (SSSR count). The number of nitrogens with zero attached hydrogens (tertiary/aromatic N) is 2. The van der Waals surface area contributed by atoms with Gasteiger partial charge in [-0.05, 0) is 28.8 Å². The Morgan fingerprint density at radius 1 is 1.37 bits per heavy atom. The summed E-state index contributed by atoms with van der Waals surface area (Å²) < 4.78 is 2.95. The predicted octanol–water partition coefficient (Wildman–Crippen LogP) is 1.75. The van der Waals surface area contributed by atoms with Crippen molar-refractivity contribution in [2.75, 3.05) is 13.1 Å². The third kappa shape index (κ3) is 4.95. The molecule has 6 heteroatoms. The molecule has 0 bridgehead atoms. The number of aryl methyl sites for hydroxylation is 2. The van der Waals surface area contributed by atoms with Crippen molar-refractivity contribution in [3.05, 3.63) is 15.9 Å². The lowest BCUT2D eigenvalue weighted by molar-refractivity contribution is -0.120. The van der Waals surface area contributed by atoms with Gasteiger partial charge in [0, 0.05) is 33.1 Å². The average molecular weight is 331 g/mol. The van der Waals surface area contributed by atoms with Crippen molar-refractivity contribution < 1.29 is 4.79 Å². The summed E-state index contributed by atoms with van der Waals surface area (Å²) in [6.07, 6.45) is 2.39. The fraction of sp³-hybridized carbons (Fsp3) is 0.692. The number of hydrogen-bond donors (Lipinski definition) is 2. The van der Waals surface area contributed by atoms with E-state index in [9.17, 15) is 4.79 Å². The van der Waals surface area contributed by atoms with E-state index in [-0.39, 0.29) is 5.91 Å². The number of aromatic nitrogens is 2. The summed E-state index contributed by atoms with van der Waals surface area (Å²) >= 11 is 3.57. The molecule has 0 saturated heterocycles. The smallest absolute Gasteiger partial charge is 0.221 e. The fourth-order valence-corrected chi connectivity index (χ4v) is 2.53. The number of carbonyl (C=O) groups excluding carboxylic acids is 1. The zero-order valence-corrected chi connectivity index (χ0v) is 13.5. The minimum absolute atomic E-state index is 0.104. The lowest BCUT2D eigenvalue weighted by Crippen LogP contribution is -2.28. The molecule has 0 fully saturated rings. The standard InChI is InChI=1S/C13H23BrN4O/c1-4-7-16-12(19)6-8-15-9-11-13(14)10(5-2)17-18(11)3/h15H,4-9H2,1-3H3,(H,16,19). The van der Waals surface area contributed by atoms with E-state index in [0.29, 0.717) is 19.5 Å². The monoisotopic (exact) mass is 330 g/mol. The molecule has 0 atom stereocenters. The minimum atomic E-state index is 0.104. The van der Waals surface area contributed by atoms with Crippen LogP contribution in [0.25, 0.3) is 0 Å². The molecular weight excluding hydrogens is 308 g/mol. The number of carbonyl (C=O) groups is 1. The summed E-state index contributed by atoms with van der Waals surface area (Å²) in [6, 6.07) is 0. The van der Waals surface area contributed by atoms with E-state index in [0.717, 1.165) is 35.2 Å². The van der Waals surface area contributed by atoms with Gasteiger partial charge in [0.2, 0.25) is 5.91 Å². The van der Waals surface area contributed by atoms with Crippen LogP contribution < -0.4 is 10.6 Å². The van der Waals surface area contributed by atoms with E-state index in [2.05, 4.69) is 38.6 Å². The minimum Gasteiger partial charge on any atom is -0.356 e. The van der Waals surface area contributed by atoms with Gasteiger partial charge in [0.25, 0.3) is 0 Å². The van der Waals surface area contributed by atoms with E-state index in [1.165, 1.54) is 0 Å². The Kier molecular flexibility index (Phi) is 7.09. The van der Waals surface area contributed by atoms with Crippen molar-refractivity contribution >= 4 is 21.8 Å². The van der Waals surface area contributed by atoms with Gasteiger partial charge in [0.15, 0.2) is 0 Å². The number of nitrogens with one attached hydrogen (secondary N) is 2. The second kappa shape index (κ2) is 8.32. The first-order chi connectivity index (χ1) is 9.10.